The van der Waals surface area contributed by atoms with Crippen LogP contribution in [0.25, 0.3) is 0 Å². The Morgan fingerprint density at radius 2 is 1.68 bits per heavy atom. The quantitative estimate of drug-likeness (QED) is 0.798. The third-order valence-corrected chi connectivity index (χ3v) is 6.30. The molecule has 0 unspecified atom stereocenters. The van der Waals surface area contributed by atoms with Gasteiger partial charge in [-0.25, -0.2) is 0 Å². The first-order valence-corrected chi connectivity index (χ1v) is 11.1. The van der Waals surface area contributed by atoms with Crippen molar-refractivity contribution in [2.45, 2.75) is 25.9 Å². The summed E-state index contributed by atoms with van der Waals surface area (Å²) in [5.74, 6) is 2.45. The van der Waals surface area contributed by atoms with E-state index in [1.54, 1.807) is 0 Å². The van der Waals surface area contributed by atoms with Crippen LogP contribution < -0.4 is 19.5 Å². The molecule has 3 aliphatic rings. The topological polar surface area (TPSA) is 63.3 Å². The van der Waals surface area contributed by atoms with Crippen molar-refractivity contribution in [2.75, 3.05) is 51.3 Å². The largest absolute Gasteiger partial charge is 0.493 e. The third-order valence-electron chi connectivity index (χ3n) is 6.30. The number of rotatable bonds is 5. The number of amides is 1. The predicted molar refractivity (Wildman–Crippen MR) is 118 cm³/mol. The van der Waals surface area contributed by atoms with Crippen LogP contribution in [0.4, 0.5) is 5.69 Å². The number of piperazine rings is 1. The molecule has 5 rings (SSSR count). The summed E-state index contributed by atoms with van der Waals surface area (Å²) in [6.45, 7) is 8.47. The highest BCUT2D eigenvalue weighted by atomic mass is 16.6. The van der Waals surface area contributed by atoms with Crippen molar-refractivity contribution in [1.29, 1.82) is 0 Å². The summed E-state index contributed by atoms with van der Waals surface area (Å²) >= 11 is 0. The minimum absolute atomic E-state index is 0.00347. The average Bonchev–Trinajstić information content (AvgIpc) is 3.27. The lowest BCUT2D eigenvalue weighted by atomic mass is 10.1. The van der Waals surface area contributed by atoms with Crippen LogP contribution in [0.2, 0.25) is 0 Å². The van der Waals surface area contributed by atoms with Gasteiger partial charge in [0, 0.05) is 50.9 Å². The second-order valence-corrected chi connectivity index (χ2v) is 8.38. The zero-order valence-corrected chi connectivity index (χ0v) is 17.9. The summed E-state index contributed by atoms with van der Waals surface area (Å²) < 4.78 is 16.8. The summed E-state index contributed by atoms with van der Waals surface area (Å²) in [7, 11) is 0. The van der Waals surface area contributed by atoms with Crippen LogP contribution in [0.15, 0.2) is 36.4 Å². The number of ether oxygens (including phenoxy) is 3. The molecule has 0 bridgehead atoms. The van der Waals surface area contributed by atoms with E-state index in [1.165, 1.54) is 11.1 Å². The van der Waals surface area contributed by atoms with Crippen molar-refractivity contribution in [3.8, 4) is 17.2 Å². The molecule has 7 heteroatoms. The average molecular weight is 424 g/mol. The second kappa shape index (κ2) is 8.77. The van der Waals surface area contributed by atoms with Gasteiger partial charge in [0.2, 0.25) is 5.91 Å². The number of hydrogen-bond donors (Lipinski definition) is 1. The van der Waals surface area contributed by atoms with Gasteiger partial charge in [0.05, 0.1) is 12.6 Å². The molecule has 1 saturated heterocycles. The second-order valence-electron chi connectivity index (χ2n) is 8.38. The van der Waals surface area contributed by atoms with Gasteiger partial charge in [0.15, 0.2) is 11.5 Å². The van der Waals surface area contributed by atoms with Crippen molar-refractivity contribution in [3.63, 3.8) is 0 Å². The van der Waals surface area contributed by atoms with Crippen molar-refractivity contribution >= 4 is 11.6 Å². The zero-order chi connectivity index (χ0) is 21.2. The Morgan fingerprint density at radius 3 is 2.52 bits per heavy atom. The van der Waals surface area contributed by atoms with Crippen LogP contribution in [0, 0.1) is 0 Å². The summed E-state index contributed by atoms with van der Waals surface area (Å²) in [4.78, 5) is 17.5. The maximum absolute atomic E-state index is 12.8. The summed E-state index contributed by atoms with van der Waals surface area (Å²) in [5, 5.41) is 3.02. The van der Waals surface area contributed by atoms with Crippen molar-refractivity contribution in [3.05, 3.63) is 47.5 Å². The van der Waals surface area contributed by atoms with Gasteiger partial charge >= 0.3 is 0 Å². The summed E-state index contributed by atoms with van der Waals surface area (Å²) in [6.07, 6.45) is 1.01. The fourth-order valence-electron chi connectivity index (χ4n) is 4.44. The van der Waals surface area contributed by atoms with E-state index in [0.717, 1.165) is 62.9 Å². The van der Waals surface area contributed by atoms with Crippen LogP contribution in [0.5, 0.6) is 17.2 Å². The molecule has 0 aliphatic carbocycles. The van der Waals surface area contributed by atoms with Gasteiger partial charge in [-0.1, -0.05) is 12.1 Å². The molecule has 1 N–H and O–H groups in total. The number of nitrogens with zero attached hydrogens (tertiary/aromatic N) is 2. The molecule has 3 aliphatic heterocycles. The highest BCUT2D eigenvalue weighted by Crippen LogP contribution is 2.32. The molecular formula is C24H29N3O4. The molecule has 3 heterocycles. The van der Waals surface area contributed by atoms with E-state index in [1.807, 2.05) is 25.1 Å². The Labute approximate surface area is 182 Å². The number of anilines is 1. The number of nitrogens with one attached hydrogen (secondary N) is 1. The molecule has 0 spiro atoms. The Morgan fingerprint density at radius 1 is 0.935 bits per heavy atom. The zero-order valence-electron chi connectivity index (χ0n) is 17.9. The predicted octanol–water partition coefficient (Wildman–Crippen LogP) is 2.54. The Balaban J connectivity index is 1.13. The van der Waals surface area contributed by atoms with E-state index in [9.17, 15) is 4.79 Å². The maximum Gasteiger partial charge on any atom is 0.241 e. The molecule has 1 amide bonds. The number of hydrogen-bond acceptors (Lipinski definition) is 6. The molecule has 2 aromatic rings. The van der Waals surface area contributed by atoms with Gasteiger partial charge in [-0.3, -0.25) is 14.6 Å². The number of benzene rings is 2. The number of carbonyl (C=O) groups is 1. The van der Waals surface area contributed by atoms with E-state index in [0.29, 0.717) is 19.0 Å². The van der Waals surface area contributed by atoms with E-state index < -0.39 is 0 Å². The minimum atomic E-state index is -0.188. The Bertz CT molecular complexity index is 956. The molecule has 0 radical (unpaired) electrons. The van der Waals surface area contributed by atoms with E-state index in [2.05, 4.69) is 33.3 Å². The third kappa shape index (κ3) is 4.48. The lowest BCUT2D eigenvalue weighted by Crippen LogP contribution is -2.52. The molecular weight excluding hydrogens is 394 g/mol. The first kappa shape index (κ1) is 20.2. The normalized spacial score (nSPS) is 19.4. The van der Waals surface area contributed by atoms with Gasteiger partial charge in [0.1, 0.15) is 19.0 Å². The van der Waals surface area contributed by atoms with Crippen LogP contribution in [0.3, 0.4) is 0 Å². The molecule has 164 valence electrons. The van der Waals surface area contributed by atoms with E-state index in [-0.39, 0.29) is 11.9 Å². The highest BCUT2D eigenvalue weighted by Gasteiger charge is 2.26. The molecule has 2 aromatic carbocycles. The molecule has 31 heavy (non-hydrogen) atoms. The lowest BCUT2D eigenvalue weighted by Gasteiger charge is -2.37. The van der Waals surface area contributed by atoms with Crippen molar-refractivity contribution in [1.82, 2.24) is 9.80 Å². The summed E-state index contributed by atoms with van der Waals surface area (Å²) in [5.41, 5.74) is 3.39. The lowest BCUT2D eigenvalue weighted by molar-refractivity contribution is -0.121. The summed E-state index contributed by atoms with van der Waals surface area (Å²) in [6, 6.07) is 11.9. The van der Waals surface area contributed by atoms with Gasteiger partial charge < -0.3 is 19.5 Å². The maximum atomic E-state index is 12.8. The van der Waals surface area contributed by atoms with Crippen molar-refractivity contribution < 1.29 is 19.0 Å². The monoisotopic (exact) mass is 423 g/mol. The van der Waals surface area contributed by atoms with Crippen LogP contribution in [0.1, 0.15) is 18.1 Å². The van der Waals surface area contributed by atoms with Crippen LogP contribution in [-0.2, 0) is 17.8 Å². The molecule has 1 atom stereocenters. The number of fused-ring (bicyclic) bond motifs is 2. The van der Waals surface area contributed by atoms with E-state index >= 15 is 0 Å². The van der Waals surface area contributed by atoms with Crippen LogP contribution in [-0.4, -0.2) is 67.7 Å². The van der Waals surface area contributed by atoms with Gasteiger partial charge in [-0.05, 0) is 36.2 Å². The van der Waals surface area contributed by atoms with Gasteiger partial charge in [-0.2, -0.15) is 0 Å². The number of carbonyl (C=O) groups excluding carboxylic acids is 1. The smallest absolute Gasteiger partial charge is 0.241 e. The fraction of sp³-hybridized carbons (Fsp3) is 0.458. The molecule has 0 aromatic heterocycles. The fourth-order valence-corrected chi connectivity index (χ4v) is 4.44. The molecule has 7 nitrogen and oxygen atoms in total. The molecule has 1 fully saturated rings. The van der Waals surface area contributed by atoms with Crippen LogP contribution >= 0.6 is 0 Å². The standard InChI is InChI=1S/C24H29N3O4/c1-17(24(28)25-20-3-5-22-23(15-20)31-13-12-30-22)27-9-7-26(8-10-27)16-18-2-4-21-19(14-18)6-11-29-21/h2-5,14-15,17H,6-13,16H2,1H3,(H,25,28)/t17-/m0/s1. The van der Waals surface area contributed by atoms with Gasteiger partial charge in [0.25, 0.3) is 0 Å². The first-order chi connectivity index (χ1) is 15.2. The SMILES string of the molecule is C[C@@H](C(=O)Nc1ccc2c(c1)OCCO2)N1CCN(Cc2ccc3c(c2)CCO3)CC1. The van der Waals surface area contributed by atoms with Gasteiger partial charge in [-0.15, -0.1) is 0 Å². The first-order valence-electron chi connectivity index (χ1n) is 11.1. The highest BCUT2D eigenvalue weighted by molar-refractivity contribution is 5.94. The Kier molecular flexibility index (Phi) is 5.70. The molecule has 0 saturated carbocycles. The Hall–Kier alpha value is -2.77. The van der Waals surface area contributed by atoms with Crippen molar-refractivity contribution in [2.24, 2.45) is 0 Å². The minimum Gasteiger partial charge on any atom is -0.493 e. The van der Waals surface area contributed by atoms with E-state index in [4.69, 9.17) is 14.2 Å².